The third-order valence-electron chi connectivity index (χ3n) is 8.46. The largest absolute Gasteiger partial charge is 0.465 e. The van der Waals surface area contributed by atoms with E-state index in [-0.39, 0.29) is 91.1 Å². The van der Waals surface area contributed by atoms with Gasteiger partial charge in [0.05, 0.1) is 33.0 Å². The van der Waals surface area contributed by atoms with Crippen LogP contribution >= 0.6 is 0 Å². The molecule has 20 heteroatoms. The lowest BCUT2D eigenvalue weighted by atomic mass is 10.0. The Balaban J connectivity index is 1.45. The van der Waals surface area contributed by atoms with Gasteiger partial charge in [0, 0.05) is 57.0 Å². The Morgan fingerprint density at radius 3 is 2.05 bits per heavy atom. The van der Waals surface area contributed by atoms with Crippen LogP contribution in [0.25, 0.3) is 0 Å². The average Bonchev–Trinajstić information content (AvgIpc) is 3.47. The van der Waals surface area contributed by atoms with Crippen molar-refractivity contribution in [3.8, 4) is 0 Å². The number of hydrogen-bond acceptors (Lipinski definition) is 11. The van der Waals surface area contributed by atoms with Gasteiger partial charge < -0.3 is 56.1 Å². The maximum absolute atomic E-state index is 13.4. The average molecular weight is 775 g/mol. The van der Waals surface area contributed by atoms with Gasteiger partial charge in [-0.1, -0.05) is 26.0 Å². The number of benzene rings is 1. The van der Waals surface area contributed by atoms with E-state index >= 15 is 0 Å². The summed E-state index contributed by atoms with van der Waals surface area (Å²) in [6.45, 7) is 5.05. The number of carbonyl (C=O) groups is 8. The van der Waals surface area contributed by atoms with Crippen LogP contribution in [0.15, 0.2) is 36.4 Å². The van der Waals surface area contributed by atoms with E-state index in [0.717, 1.165) is 4.90 Å². The van der Waals surface area contributed by atoms with Gasteiger partial charge >= 0.3 is 18.2 Å². The molecule has 20 nitrogen and oxygen atoms in total. The Kier molecular flexibility index (Phi) is 17.8. The second kappa shape index (κ2) is 22.5. The van der Waals surface area contributed by atoms with Crippen molar-refractivity contribution in [2.45, 2.75) is 51.8 Å². The highest BCUT2D eigenvalue weighted by molar-refractivity contribution is 6.12. The summed E-state index contributed by atoms with van der Waals surface area (Å²) in [4.78, 5) is 101. The number of imide groups is 1. The first-order chi connectivity index (χ1) is 26.2. The fraction of sp³-hybridized carbons (Fsp3) is 0.543. The molecule has 1 aromatic rings. The molecule has 0 aromatic heterocycles. The lowest BCUT2D eigenvalue weighted by Crippen LogP contribution is -2.54. The predicted octanol–water partition coefficient (Wildman–Crippen LogP) is -0.0203. The van der Waals surface area contributed by atoms with Crippen LogP contribution in [0, 0.1) is 5.92 Å². The van der Waals surface area contributed by atoms with Crippen molar-refractivity contribution in [2.75, 3.05) is 71.0 Å². The molecule has 0 radical (unpaired) electrons. The molecule has 1 fully saturated rings. The van der Waals surface area contributed by atoms with Crippen molar-refractivity contribution in [3.63, 3.8) is 0 Å². The fourth-order valence-corrected chi connectivity index (χ4v) is 5.35. The number of carboxylic acid groups (broad SMARTS) is 1. The number of carbonyl (C=O) groups excluding carboxylic acids is 7. The van der Waals surface area contributed by atoms with Crippen molar-refractivity contribution in [2.24, 2.45) is 11.7 Å². The van der Waals surface area contributed by atoms with E-state index in [1.807, 2.05) is 0 Å². The molecular formula is C35H50N8O12. The number of nitrogens with one attached hydrogen (secondary N) is 4. The number of primary amides is 1. The van der Waals surface area contributed by atoms with Crippen molar-refractivity contribution in [1.82, 2.24) is 30.7 Å². The van der Waals surface area contributed by atoms with Crippen molar-refractivity contribution < 1.29 is 57.7 Å². The zero-order valence-corrected chi connectivity index (χ0v) is 31.0. The zero-order valence-electron chi connectivity index (χ0n) is 31.0. The fourth-order valence-electron chi connectivity index (χ4n) is 5.35. The molecule has 0 aliphatic carbocycles. The zero-order chi connectivity index (χ0) is 40.3. The number of ether oxygens (including phenoxy) is 3. The number of nitrogens with zero attached hydrogens (tertiary/aromatic N) is 3. The SMILES string of the molecule is CC(C)[C@H](NC(=O)CCOCCOCCN1C(=O)C=CC1=O)C(=O)N[C@@H](CCCNC(N)=O)C(=O)Nc1ccc(COC(=O)N2CCN(C(=O)O)CC2)cc1. The van der Waals surface area contributed by atoms with E-state index in [0.29, 0.717) is 17.7 Å². The molecule has 7 N–H and O–H groups in total. The number of amides is 9. The maximum Gasteiger partial charge on any atom is 0.410 e. The molecule has 0 unspecified atom stereocenters. The number of hydrogen-bond donors (Lipinski definition) is 6. The smallest absolute Gasteiger partial charge is 0.410 e. The van der Waals surface area contributed by atoms with Gasteiger partial charge in [-0.15, -0.1) is 0 Å². The molecule has 302 valence electrons. The standard InChI is InChI=1S/C35H50N8O12/c1-23(2)30(40-27(44)11-18-53-20-21-54-19-17-43-28(45)9-10-29(43)46)32(48)39-26(4-3-12-37-33(36)49)31(47)38-25-7-5-24(6-8-25)22-55-35(52)42-15-13-41(14-16-42)34(50)51/h5-10,23,26,30H,3-4,11-22H2,1-2H3,(H,38,47)(H,39,48)(H,40,44)(H,50,51)(H3,36,37,49)/t26-,30-/m0/s1. The van der Waals surface area contributed by atoms with Gasteiger partial charge in [0.1, 0.15) is 18.7 Å². The molecule has 1 saturated heterocycles. The van der Waals surface area contributed by atoms with Crippen LogP contribution in [0.2, 0.25) is 0 Å². The summed E-state index contributed by atoms with van der Waals surface area (Å²) in [5, 5.41) is 19.7. The maximum atomic E-state index is 13.4. The predicted molar refractivity (Wildman–Crippen MR) is 194 cm³/mol. The van der Waals surface area contributed by atoms with Crippen molar-refractivity contribution >= 4 is 53.4 Å². The molecule has 9 amide bonds. The van der Waals surface area contributed by atoms with E-state index in [4.69, 9.17) is 25.1 Å². The summed E-state index contributed by atoms with van der Waals surface area (Å²) < 4.78 is 16.2. The number of anilines is 1. The highest BCUT2D eigenvalue weighted by Gasteiger charge is 2.29. The van der Waals surface area contributed by atoms with Gasteiger partial charge in [-0.2, -0.15) is 0 Å². The number of rotatable bonds is 21. The summed E-state index contributed by atoms with van der Waals surface area (Å²) in [6.07, 6.45) is 1.14. The highest BCUT2D eigenvalue weighted by atomic mass is 16.6. The number of piperazine rings is 1. The quantitative estimate of drug-likeness (QED) is 0.0711. The molecule has 3 rings (SSSR count). The molecule has 1 aromatic carbocycles. The lowest BCUT2D eigenvalue weighted by molar-refractivity contribution is -0.137. The van der Waals surface area contributed by atoms with Crippen molar-refractivity contribution in [1.29, 1.82) is 0 Å². The molecule has 2 atom stereocenters. The van der Waals surface area contributed by atoms with Crippen LogP contribution in [0.1, 0.15) is 38.7 Å². The Bertz CT molecular complexity index is 1530. The van der Waals surface area contributed by atoms with Gasteiger partial charge in [0.15, 0.2) is 0 Å². The summed E-state index contributed by atoms with van der Waals surface area (Å²) in [7, 11) is 0. The summed E-state index contributed by atoms with van der Waals surface area (Å²) in [5.74, 6) is -2.73. The van der Waals surface area contributed by atoms with Gasteiger partial charge in [-0.05, 0) is 36.5 Å². The molecule has 2 aliphatic rings. The minimum atomic E-state index is -1.05. The molecule has 55 heavy (non-hydrogen) atoms. The van der Waals surface area contributed by atoms with Gasteiger partial charge in [-0.25, -0.2) is 14.4 Å². The number of urea groups is 1. The first-order valence-corrected chi connectivity index (χ1v) is 17.9. The Labute approximate surface area is 318 Å². The molecule has 2 heterocycles. The molecular weight excluding hydrogens is 724 g/mol. The minimum absolute atomic E-state index is 0.0413. The highest BCUT2D eigenvalue weighted by Crippen LogP contribution is 2.14. The molecule has 0 saturated carbocycles. The van der Waals surface area contributed by atoms with Crippen LogP contribution in [0.3, 0.4) is 0 Å². The van der Waals surface area contributed by atoms with E-state index < -0.39 is 59.8 Å². The van der Waals surface area contributed by atoms with E-state index in [2.05, 4.69) is 21.3 Å². The lowest BCUT2D eigenvalue weighted by Gasteiger charge is -2.32. The van der Waals surface area contributed by atoms with Crippen LogP contribution < -0.4 is 27.0 Å². The van der Waals surface area contributed by atoms with Crippen molar-refractivity contribution in [3.05, 3.63) is 42.0 Å². The minimum Gasteiger partial charge on any atom is -0.465 e. The number of nitrogens with two attached hydrogens (primary N) is 1. The second-order valence-electron chi connectivity index (χ2n) is 12.9. The van der Waals surface area contributed by atoms with Crippen LogP contribution in [-0.4, -0.2) is 145 Å². The van der Waals surface area contributed by atoms with Crippen LogP contribution in [-0.2, 0) is 44.8 Å². The van der Waals surface area contributed by atoms with E-state index in [9.17, 15) is 38.4 Å². The topological polar surface area (TPSA) is 268 Å². The molecule has 0 bridgehead atoms. The van der Waals surface area contributed by atoms with Gasteiger partial charge in [0.2, 0.25) is 17.7 Å². The second-order valence-corrected chi connectivity index (χ2v) is 12.9. The molecule has 2 aliphatic heterocycles. The van der Waals surface area contributed by atoms with Crippen LogP contribution in [0.4, 0.5) is 20.1 Å². The Hall–Kier alpha value is -5.76. The summed E-state index contributed by atoms with van der Waals surface area (Å²) in [5.41, 5.74) is 6.18. The normalized spacial score (nSPS) is 15.1. The van der Waals surface area contributed by atoms with E-state index in [1.54, 1.807) is 38.1 Å². The van der Waals surface area contributed by atoms with Gasteiger partial charge in [0.25, 0.3) is 11.8 Å². The third kappa shape index (κ3) is 15.3. The summed E-state index contributed by atoms with van der Waals surface area (Å²) >= 11 is 0. The first-order valence-electron chi connectivity index (χ1n) is 17.9. The van der Waals surface area contributed by atoms with E-state index in [1.165, 1.54) is 22.0 Å². The molecule has 0 spiro atoms. The Morgan fingerprint density at radius 2 is 1.45 bits per heavy atom. The Morgan fingerprint density at radius 1 is 0.836 bits per heavy atom. The third-order valence-corrected chi connectivity index (χ3v) is 8.46. The van der Waals surface area contributed by atoms with Crippen LogP contribution in [0.5, 0.6) is 0 Å². The first kappa shape index (κ1) is 43.6. The van der Waals surface area contributed by atoms with Gasteiger partial charge in [-0.3, -0.25) is 28.9 Å². The monoisotopic (exact) mass is 774 g/mol. The summed E-state index contributed by atoms with van der Waals surface area (Å²) in [6, 6.07) is 3.73.